The fourth-order valence-electron chi connectivity index (χ4n) is 3.42. The lowest BCUT2D eigenvalue weighted by Crippen LogP contribution is -2.36. The second kappa shape index (κ2) is 7.91. The van der Waals surface area contributed by atoms with Gasteiger partial charge in [0.1, 0.15) is 0 Å². The molecule has 0 bridgehead atoms. The molecular formula is C20H28N4O2. The largest absolute Gasteiger partial charge is 0.378 e. The summed E-state index contributed by atoms with van der Waals surface area (Å²) < 4.78 is 7.27. The molecule has 0 aliphatic carbocycles. The quantitative estimate of drug-likeness (QED) is 0.893. The van der Waals surface area contributed by atoms with E-state index in [1.165, 1.54) is 5.56 Å². The number of ether oxygens (including phenoxy) is 1. The maximum Gasteiger partial charge on any atom is 0.251 e. The molecule has 1 aliphatic rings. The number of aromatic nitrogens is 2. The summed E-state index contributed by atoms with van der Waals surface area (Å²) >= 11 is 0. The summed E-state index contributed by atoms with van der Waals surface area (Å²) in [5.74, 6) is -0.0368. The number of morpholine rings is 1. The lowest BCUT2D eigenvalue weighted by molar-refractivity contribution is 0.0940. The third-order valence-electron chi connectivity index (χ3n) is 5.05. The Kier molecular flexibility index (Phi) is 5.61. The summed E-state index contributed by atoms with van der Waals surface area (Å²) in [6.45, 7) is 9.42. The Labute approximate surface area is 155 Å². The van der Waals surface area contributed by atoms with Crippen molar-refractivity contribution >= 4 is 11.6 Å². The van der Waals surface area contributed by atoms with Crippen molar-refractivity contribution < 1.29 is 9.53 Å². The molecule has 1 atom stereocenters. The zero-order valence-corrected chi connectivity index (χ0v) is 16.1. The van der Waals surface area contributed by atoms with E-state index in [1.807, 2.05) is 49.8 Å². The normalized spacial score (nSPS) is 15.8. The zero-order valence-electron chi connectivity index (χ0n) is 16.1. The van der Waals surface area contributed by atoms with Gasteiger partial charge in [-0.05, 0) is 57.0 Å². The second-order valence-electron chi connectivity index (χ2n) is 7.00. The van der Waals surface area contributed by atoms with Gasteiger partial charge in [-0.1, -0.05) is 0 Å². The van der Waals surface area contributed by atoms with Crippen molar-refractivity contribution in [3.05, 3.63) is 46.8 Å². The minimum absolute atomic E-state index is 0.0368. The summed E-state index contributed by atoms with van der Waals surface area (Å²) in [5, 5.41) is 7.54. The van der Waals surface area contributed by atoms with Crippen LogP contribution < -0.4 is 10.2 Å². The number of carbonyl (C=O) groups is 1. The van der Waals surface area contributed by atoms with Gasteiger partial charge in [0.15, 0.2) is 0 Å². The fourth-order valence-corrected chi connectivity index (χ4v) is 3.42. The summed E-state index contributed by atoms with van der Waals surface area (Å²) in [6.07, 6.45) is 0.781. The van der Waals surface area contributed by atoms with Gasteiger partial charge in [-0.3, -0.25) is 9.48 Å². The number of nitrogens with zero attached hydrogens (tertiary/aromatic N) is 3. The molecule has 6 nitrogen and oxygen atoms in total. The summed E-state index contributed by atoms with van der Waals surface area (Å²) in [5.41, 5.74) is 5.22. The van der Waals surface area contributed by atoms with E-state index in [-0.39, 0.29) is 11.9 Å². The number of nitrogens with one attached hydrogen (secondary N) is 1. The van der Waals surface area contributed by atoms with Crippen molar-refractivity contribution in [3.8, 4) is 0 Å². The van der Waals surface area contributed by atoms with Crippen LogP contribution in [0.3, 0.4) is 0 Å². The first kappa shape index (κ1) is 18.5. The second-order valence-corrected chi connectivity index (χ2v) is 7.00. The maximum atomic E-state index is 12.5. The molecule has 1 saturated heterocycles. The molecule has 1 aromatic carbocycles. The SMILES string of the molecule is Cc1nn(C)c(C)c1CC(C)NC(=O)c1ccc(N2CCOCC2)cc1. The number of amides is 1. The van der Waals surface area contributed by atoms with Crippen LogP contribution in [0.4, 0.5) is 5.69 Å². The van der Waals surface area contributed by atoms with E-state index >= 15 is 0 Å². The van der Waals surface area contributed by atoms with Gasteiger partial charge < -0.3 is 15.0 Å². The highest BCUT2D eigenvalue weighted by molar-refractivity contribution is 5.94. The first-order chi connectivity index (χ1) is 12.5. The Morgan fingerprint density at radius 2 is 1.88 bits per heavy atom. The first-order valence-electron chi connectivity index (χ1n) is 9.18. The van der Waals surface area contributed by atoms with E-state index in [2.05, 4.69) is 22.2 Å². The van der Waals surface area contributed by atoms with Crippen LogP contribution in [0.5, 0.6) is 0 Å². The van der Waals surface area contributed by atoms with Crippen molar-refractivity contribution in [3.63, 3.8) is 0 Å². The van der Waals surface area contributed by atoms with Gasteiger partial charge in [0.25, 0.3) is 5.91 Å². The van der Waals surface area contributed by atoms with Crippen LogP contribution in [0.2, 0.25) is 0 Å². The first-order valence-corrected chi connectivity index (χ1v) is 9.18. The van der Waals surface area contributed by atoms with Gasteiger partial charge in [-0.2, -0.15) is 5.10 Å². The Balaban J connectivity index is 1.60. The van der Waals surface area contributed by atoms with Gasteiger partial charge in [-0.15, -0.1) is 0 Å². The van der Waals surface area contributed by atoms with E-state index in [4.69, 9.17) is 4.74 Å². The number of aryl methyl sites for hydroxylation is 2. The average Bonchev–Trinajstić information content (AvgIpc) is 2.88. The predicted molar refractivity (Wildman–Crippen MR) is 103 cm³/mol. The standard InChI is InChI=1S/C20H28N4O2/c1-14(13-19-15(2)22-23(4)16(19)3)21-20(25)17-5-7-18(8-6-17)24-9-11-26-12-10-24/h5-8,14H,9-13H2,1-4H3,(H,21,25). The Morgan fingerprint density at radius 1 is 1.23 bits per heavy atom. The molecule has 1 aliphatic heterocycles. The Morgan fingerprint density at radius 3 is 2.46 bits per heavy atom. The van der Waals surface area contributed by atoms with Crippen molar-refractivity contribution in [2.24, 2.45) is 7.05 Å². The van der Waals surface area contributed by atoms with Crippen LogP contribution in [0.15, 0.2) is 24.3 Å². The molecule has 1 amide bonds. The lowest BCUT2D eigenvalue weighted by Gasteiger charge is -2.28. The molecule has 140 valence electrons. The predicted octanol–water partition coefficient (Wildman–Crippen LogP) is 2.23. The third-order valence-corrected chi connectivity index (χ3v) is 5.05. The van der Waals surface area contributed by atoms with Gasteiger partial charge in [0, 0.05) is 43.1 Å². The van der Waals surface area contributed by atoms with Crippen molar-refractivity contribution in [1.29, 1.82) is 0 Å². The van der Waals surface area contributed by atoms with Gasteiger partial charge in [0.05, 0.1) is 18.9 Å². The van der Waals surface area contributed by atoms with Crippen molar-refractivity contribution in [1.82, 2.24) is 15.1 Å². The molecule has 1 N–H and O–H groups in total. The Hall–Kier alpha value is -2.34. The highest BCUT2D eigenvalue weighted by atomic mass is 16.5. The Bertz CT molecular complexity index is 761. The van der Waals surface area contributed by atoms with Crippen LogP contribution in [-0.2, 0) is 18.2 Å². The smallest absolute Gasteiger partial charge is 0.251 e. The van der Waals surface area contributed by atoms with Crippen molar-refractivity contribution in [2.45, 2.75) is 33.2 Å². The number of anilines is 1. The number of hydrogen-bond acceptors (Lipinski definition) is 4. The van der Waals surface area contributed by atoms with Crippen molar-refractivity contribution in [2.75, 3.05) is 31.2 Å². The summed E-state index contributed by atoms with van der Waals surface area (Å²) in [7, 11) is 1.95. The molecule has 1 unspecified atom stereocenters. The molecule has 3 rings (SSSR count). The number of benzene rings is 1. The van der Waals surface area contributed by atoms with Crippen LogP contribution in [0.25, 0.3) is 0 Å². The number of rotatable bonds is 5. The molecule has 2 aromatic rings. The molecule has 0 spiro atoms. The third kappa shape index (κ3) is 4.07. The molecule has 1 fully saturated rings. The highest BCUT2D eigenvalue weighted by Gasteiger charge is 2.16. The van der Waals surface area contributed by atoms with E-state index < -0.39 is 0 Å². The molecule has 26 heavy (non-hydrogen) atoms. The lowest BCUT2D eigenvalue weighted by atomic mass is 10.0. The molecule has 1 aromatic heterocycles. The molecular weight excluding hydrogens is 328 g/mol. The highest BCUT2D eigenvalue weighted by Crippen LogP contribution is 2.17. The van der Waals surface area contributed by atoms with Gasteiger partial charge in [-0.25, -0.2) is 0 Å². The van der Waals surface area contributed by atoms with E-state index in [0.29, 0.717) is 5.56 Å². The maximum absolute atomic E-state index is 12.5. The molecule has 2 heterocycles. The fraction of sp³-hybridized carbons (Fsp3) is 0.500. The molecule has 6 heteroatoms. The minimum Gasteiger partial charge on any atom is -0.378 e. The summed E-state index contributed by atoms with van der Waals surface area (Å²) in [6, 6.07) is 7.87. The number of carbonyl (C=O) groups excluding carboxylic acids is 1. The van der Waals surface area contributed by atoms with Crippen LogP contribution in [0, 0.1) is 13.8 Å². The van der Waals surface area contributed by atoms with Crippen LogP contribution >= 0.6 is 0 Å². The van der Waals surface area contributed by atoms with E-state index in [9.17, 15) is 4.79 Å². The van der Waals surface area contributed by atoms with E-state index in [1.54, 1.807) is 0 Å². The van der Waals surface area contributed by atoms with Gasteiger partial charge >= 0.3 is 0 Å². The van der Waals surface area contributed by atoms with E-state index in [0.717, 1.165) is 49.8 Å². The summed E-state index contributed by atoms with van der Waals surface area (Å²) in [4.78, 5) is 14.8. The topological polar surface area (TPSA) is 59.4 Å². The zero-order chi connectivity index (χ0) is 18.7. The number of hydrogen-bond donors (Lipinski definition) is 1. The van der Waals surface area contributed by atoms with Crippen LogP contribution in [-0.4, -0.2) is 48.0 Å². The van der Waals surface area contributed by atoms with Crippen LogP contribution in [0.1, 0.15) is 34.2 Å². The molecule has 0 saturated carbocycles. The minimum atomic E-state index is -0.0368. The van der Waals surface area contributed by atoms with Gasteiger partial charge in [0.2, 0.25) is 0 Å². The molecule has 0 radical (unpaired) electrons. The monoisotopic (exact) mass is 356 g/mol. The average molecular weight is 356 g/mol.